The summed E-state index contributed by atoms with van der Waals surface area (Å²) in [7, 11) is 1.48. The van der Waals surface area contributed by atoms with E-state index in [2.05, 4.69) is 5.32 Å². The maximum absolute atomic E-state index is 13.1. The average Bonchev–Trinajstić information content (AvgIpc) is 2.49. The molecule has 21 heavy (non-hydrogen) atoms. The SMILES string of the molecule is CCOc1cccc(CNc2ccc(F)cc2OC)c1O. The van der Waals surface area contributed by atoms with E-state index in [1.54, 1.807) is 18.2 Å². The highest BCUT2D eigenvalue weighted by atomic mass is 19.1. The van der Waals surface area contributed by atoms with Gasteiger partial charge >= 0.3 is 0 Å². The molecule has 2 aromatic rings. The van der Waals surface area contributed by atoms with Gasteiger partial charge in [-0.3, -0.25) is 0 Å². The fourth-order valence-electron chi connectivity index (χ4n) is 1.98. The first-order valence-electron chi connectivity index (χ1n) is 6.66. The molecule has 0 unspecified atom stereocenters. The lowest BCUT2D eigenvalue weighted by molar-refractivity contribution is 0.317. The minimum atomic E-state index is -0.362. The summed E-state index contributed by atoms with van der Waals surface area (Å²) >= 11 is 0. The van der Waals surface area contributed by atoms with Gasteiger partial charge in [-0.25, -0.2) is 4.39 Å². The quantitative estimate of drug-likeness (QED) is 0.854. The number of ether oxygens (including phenoxy) is 2. The Bertz CT molecular complexity index is 616. The van der Waals surface area contributed by atoms with Gasteiger partial charge in [0.25, 0.3) is 0 Å². The summed E-state index contributed by atoms with van der Waals surface area (Å²) in [5, 5.41) is 13.2. The third kappa shape index (κ3) is 3.56. The number of aromatic hydroxyl groups is 1. The molecule has 0 radical (unpaired) electrons. The molecule has 0 amide bonds. The number of rotatable bonds is 6. The highest BCUT2D eigenvalue weighted by Crippen LogP contribution is 2.31. The second kappa shape index (κ2) is 6.83. The van der Waals surface area contributed by atoms with E-state index in [0.717, 1.165) is 0 Å². The first kappa shape index (κ1) is 15.0. The maximum Gasteiger partial charge on any atom is 0.162 e. The van der Waals surface area contributed by atoms with Crippen molar-refractivity contribution in [3.05, 3.63) is 47.8 Å². The fraction of sp³-hybridized carbons (Fsp3) is 0.250. The summed E-state index contributed by atoms with van der Waals surface area (Å²) in [5.41, 5.74) is 1.34. The van der Waals surface area contributed by atoms with Gasteiger partial charge in [-0.15, -0.1) is 0 Å². The van der Waals surface area contributed by atoms with Crippen LogP contribution in [0.25, 0.3) is 0 Å². The summed E-state index contributed by atoms with van der Waals surface area (Å²) < 4.78 is 23.6. The molecule has 0 fully saturated rings. The van der Waals surface area contributed by atoms with Gasteiger partial charge in [-0.2, -0.15) is 0 Å². The van der Waals surface area contributed by atoms with Crippen LogP contribution >= 0.6 is 0 Å². The van der Waals surface area contributed by atoms with Crippen LogP contribution in [-0.4, -0.2) is 18.8 Å². The van der Waals surface area contributed by atoms with Crippen LogP contribution in [0.3, 0.4) is 0 Å². The highest BCUT2D eigenvalue weighted by molar-refractivity contribution is 5.57. The van der Waals surface area contributed by atoms with Crippen LogP contribution in [0.5, 0.6) is 17.2 Å². The number of halogens is 1. The number of para-hydroxylation sites is 1. The number of nitrogens with one attached hydrogen (secondary N) is 1. The second-order valence-electron chi connectivity index (χ2n) is 4.40. The zero-order valence-electron chi connectivity index (χ0n) is 12.0. The summed E-state index contributed by atoms with van der Waals surface area (Å²) in [6.07, 6.45) is 0. The number of phenolic OH excluding ortho intramolecular Hbond substituents is 1. The van der Waals surface area contributed by atoms with E-state index in [0.29, 0.717) is 35.9 Å². The van der Waals surface area contributed by atoms with E-state index in [1.165, 1.54) is 19.2 Å². The van der Waals surface area contributed by atoms with Crippen LogP contribution in [0.2, 0.25) is 0 Å². The van der Waals surface area contributed by atoms with Gasteiger partial charge in [0, 0.05) is 18.2 Å². The van der Waals surface area contributed by atoms with E-state index in [4.69, 9.17) is 9.47 Å². The molecule has 0 saturated carbocycles. The van der Waals surface area contributed by atoms with Crippen molar-refractivity contribution >= 4 is 5.69 Å². The van der Waals surface area contributed by atoms with Crippen molar-refractivity contribution in [1.29, 1.82) is 0 Å². The molecule has 0 saturated heterocycles. The average molecular weight is 291 g/mol. The molecule has 2 N–H and O–H groups in total. The number of anilines is 1. The number of phenols is 1. The first-order valence-corrected chi connectivity index (χ1v) is 6.66. The zero-order chi connectivity index (χ0) is 15.2. The van der Waals surface area contributed by atoms with E-state index in [9.17, 15) is 9.50 Å². The summed E-state index contributed by atoms with van der Waals surface area (Å²) in [5.74, 6) is 0.602. The predicted molar refractivity (Wildman–Crippen MR) is 79.6 cm³/mol. The molecule has 4 nitrogen and oxygen atoms in total. The number of hydrogen-bond acceptors (Lipinski definition) is 4. The van der Waals surface area contributed by atoms with Crippen molar-refractivity contribution in [1.82, 2.24) is 0 Å². The first-order chi connectivity index (χ1) is 10.2. The Kier molecular flexibility index (Phi) is 4.87. The van der Waals surface area contributed by atoms with E-state index in [-0.39, 0.29) is 11.6 Å². The fourth-order valence-corrected chi connectivity index (χ4v) is 1.98. The lowest BCUT2D eigenvalue weighted by Gasteiger charge is -2.13. The molecule has 0 heterocycles. The lowest BCUT2D eigenvalue weighted by atomic mass is 10.1. The largest absolute Gasteiger partial charge is 0.504 e. The normalized spacial score (nSPS) is 10.2. The van der Waals surface area contributed by atoms with Crippen LogP contribution < -0.4 is 14.8 Å². The Morgan fingerprint density at radius 1 is 1.19 bits per heavy atom. The molecule has 112 valence electrons. The van der Waals surface area contributed by atoms with Gasteiger partial charge in [0.2, 0.25) is 0 Å². The van der Waals surface area contributed by atoms with Gasteiger partial charge in [-0.05, 0) is 25.1 Å². The standard InChI is InChI=1S/C16H18FNO3/c1-3-21-14-6-4-5-11(16(14)19)10-18-13-8-7-12(17)9-15(13)20-2/h4-9,18-19H,3,10H2,1-2H3. The molecule has 0 aromatic heterocycles. The highest BCUT2D eigenvalue weighted by Gasteiger charge is 2.09. The van der Waals surface area contributed by atoms with Gasteiger partial charge in [-0.1, -0.05) is 12.1 Å². The molecule has 0 aliphatic heterocycles. The van der Waals surface area contributed by atoms with Crippen molar-refractivity contribution in [2.24, 2.45) is 0 Å². The predicted octanol–water partition coefficient (Wildman–Crippen LogP) is 3.55. The maximum atomic E-state index is 13.1. The smallest absolute Gasteiger partial charge is 0.162 e. The molecular weight excluding hydrogens is 273 g/mol. The molecule has 0 bridgehead atoms. The van der Waals surface area contributed by atoms with Crippen molar-refractivity contribution < 1.29 is 19.0 Å². The number of hydrogen-bond donors (Lipinski definition) is 2. The second-order valence-corrected chi connectivity index (χ2v) is 4.40. The Morgan fingerprint density at radius 2 is 2.00 bits per heavy atom. The van der Waals surface area contributed by atoms with Crippen LogP contribution in [0.1, 0.15) is 12.5 Å². The molecular formula is C16H18FNO3. The van der Waals surface area contributed by atoms with Crippen LogP contribution in [0.4, 0.5) is 10.1 Å². The lowest BCUT2D eigenvalue weighted by Crippen LogP contribution is -2.03. The van der Waals surface area contributed by atoms with Crippen molar-refractivity contribution in [2.45, 2.75) is 13.5 Å². The van der Waals surface area contributed by atoms with Gasteiger partial charge in [0.15, 0.2) is 11.5 Å². The summed E-state index contributed by atoms with van der Waals surface area (Å²) in [4.78, 5) is 0. The summed E-state index contributed by atoms with van der Waals surface area (Å²) in [6.45, 7) is 2.71. The summed E-state index contributed by atoms with van der Waals surface area (Å²) in [6, 6.07) is 9.56. The Hall–Kier alpha value is -2.43. The minimum absolute atomic E-state index is 0.105. The third-order valence-corrected chi connectivity index (χ3v) is 3.02. The molecule has 5 heteroatoms. The van der Waals surface area contributed by atoms with Crippen molar-refractivity contribution in [2.75, 3.05) is 19.0 Å². The topological polar surface area (TPSA) is 50.7 Å². The van der Waals surface area contributed by atoms with Crippen LogP contribution in [0, 0.1) is 5.82 Å². The van der Waals surface area contributed by atoms with Gasteiger partial charge < -0.3 is 19.9 Å². The zero-order valence-corrected chi connectivity index (χ0v) is 12.0. The third-order valence-electron chi connectivity index (χ3n) is 3.02. The molecule has 0 aliphatic carbocycles. The van der Waals surface area contributed by atoms with Gasteiger partial charge in [0.1, 0.15) is 11.6 Å². The Morgan fingerprint density at radius 3 is 2.71 bits per heavy atom. The minimum Gasteiger partial charge on any atom is -0.504 e. The number of methoxy groups -OCH3 is 1. The molecule has 2 aromatic carbocycles. The van der Waals surface area contributed by atoms with E-state index in [1.807, 2.05) is 13.0 Å². The molecule has 0 spiro atoms. The number of benzene rings is 2. The van der Waals surface area contributed by atoms with Crippen LogP contribution in [0.15, 0.2) is 36.4 Å². The van der Waals surface area contributed by atoms with Crippen molar-refractivity contribution in [3.8, 4) is 17.2 Å². The van der Waals surface area contributed by atoms with Crippen LogP contribution in [-0.2, 0) is 6.54 Å². The van der Waals surface area contributed by atoms with E-state index < -0.39 is 0 Å². The molecule has 0 atom stereocenters. The van der Waals surface area contributed by atoms with Crippen molar-refractivity contribution in [3.63, 3.8) is 0 Å². The van der Waals surface area contributed by atoms with Gasteiger partial charge in [0.05, 0.1) is 19.4 Å². The monoisotopic (exact) mass is 291 g/mol. The molecule has 2 rings (SSSR count). The Labute approximate surface area is 123 Å². The molecule has 0 aliphatic rings. The Balaban J connectivity index is 2.15. The van der Waals surface area contributed by atoms with E-state index >= 15 is 0 Å².